The van der Waals surface area contributed by atoms with Crippen molar-refractivity contribution >= 4 is 40.9 Å². The van der Waals surface area contributed by atoms with Crippen molar-refractivity contribution in [3.05, 3.63) is 69.2 Å². The van der Waals surface area contributed by atoms with Crippen molar-refractivity contribution < 1.29 is 37.2 Å². The number of carbonyl (C=O) groups excluding carboxylic acids is 2. The summed E-state index contributed by atoms with van der Waals surface area (Å²) in [6.45, 7) is 1.30. The van der Waals surface area contributed by atoms with Crippen LogP contribution in [-0.2, 0) is 14.3 Å². The number of non-ortho nitro benzene ring substituents is 1. The minimum absolute atomic E-state index is 0.0704. The van der Waals surface area contributed by atoms with Gasteiger partial charge in [-0.1, -0.05) is 23.7 Å². The third-order valence-corrected chi connectivity index (χ3v) is 3.92. The van der Waals surface area contributed by atoms with Crippen LogP contribution in [-0.4, -0.2) is 29.3 Å². The van der Waals surface area contributed by atoms with Gasteiger partial charge in [0.05, 0.1) is 15.6 Å². The van der Waals surface area contributed by atoms with Gasteiger partial charge in [-0.2, -0.15) is 0 Å². The van der Waals surface area contributed by atoms with Crippen LogP contribution in [0.2, 0.25) is 5.02 Å². The SMILES string of the molecule is CC(OC(=O)/C=C/c1ccc(OC(F)(F)F)cc1)C(=O)Nc1ccc([N+](=O)[O-])cc1Cl. The molecule has 1 unspecified atom stereocenters. The monoisotopic (exact) mass is 458 g/mol. The molecule has 0 aromatic heterocycles. The molecule has 31 heavy (non-hydrogen) atoms. The zero-order valence-electron chi connectivity index (χ0n) is 15.7. The molecule has 1 N–H and O–H groups in total. The van der Waals surface area contributed by atoms with Crippen molar-refractivity contribution in [2.75, 3.05) is 5.32 Å². The number of ether oxygens (including phenoxy) is 2. The van der Waals surface area contributed by atoms with Crippen LogP contribution < -0.4 is 10.1 Å². The molecule has 0 aliphatic carbocycles. The van der Waals surface area contributed by atoms with E-state index in [2.05, 4.69) is 10.1 Å². The molecule has 8 nitrogen and oxygen atoms in total. The number of anilines is 1. The van der Waals surface area contributed by atoms with E-state index >= 15 is 0 Å². The molecule has 0 aliphatic rings. The molecule has 0 radical (unpaired) electrons. The molecule has 12 heteroatoms. The Hall–Kier alpha value is -3.60. The predicted octanol–water partition coefficient (Wildman–Crippen LogP) is 4.73. The first-order chi connectivity index (χ1) is 14.4. The molecule has 2 aromatic rings. The number of alkyl halides is 3. The number of carbonyl (C=O) groups is 2. The molecular formula is C19H14ClF3N2O6. The summed E-state index contributed by atoms with van der Waals surface area (Å²) in [6.07, 6.45) is -3.78. The normalized spacial score (nSPS) is 12.3. The average Bonchev–Trinajstić information content (AvgIpc) is 2.67. The average molecular weight is 459 g/mol. The van der Waals surface area contributed by atoms with Crippen molar-refractivity contribution in [3.63, 3.8) is 0 Å². The number of nitro groups is 1. The molecule has 0 bridgehead atoms. The van der Waals surface area contributed by atoms with Gasteiger partial charge in [0.15, 0.2) is 6.10 Å². The summed E-state index contributed by atoms with van der Waals surface area (Å²) in [5.74, 6) is -2.03. The smallest absolute Gasteiger partial charge is 0.449 e. The number of esters is 1. The van der Waals surface area contributed by atoms with Crippen LogP contribution in [0.1, 0.15) is 12.5 Å². The summed E-state index contributed by atoms with van der Waals surface area (Å²) in [6, 6.07) is 8.16. The van der Waals surface area contributed by atoms with Gasteiger partial charge in [0.25, 0.3) is 11.6 Å². The minimum atomic E-state index is -4.81. The lowest BCUT2D eigenvalue weighted by molar-refractivity contribution is -0.384. The maximum atomic E-state index is 12.1. The highest BCUT2D eigenvalue weighted by molar-refractivity contribution is 6.34. The van der Waals surface area contributed by atoms with Gasteiger partial charge < -0.3 is 14.8 Å². The molecule has 1 atom stereocenters. The summed E-state index contributed by atoms with van der Waals surface area (Å²) in [4.78, 5) is 34.0. The second-order valence-corrected chi connectivity index (χ2v) is 6.35. The molecule has 0 heterocycles. The van der Waals surface area contributed by atoms with Crippen LogP contribution >= 0.6 is 11.6 Å². The molecule has 2 rings (SSSR count). The summed E-state index contributed by atoms with van der Waals surface area (Å²) in [7, 11) is 0. The third-order valence-electron chi connectivity index (χ3n) is 3.61. The topological polar surface area (TPSA) is 108 Å². The number of nitrogens with zero attached hydrogens (tertiary/aromatic N) is 1. The van der Waals surface area contributed by atoms with Crippen LogP contribution in [0.25, 0.3) is 6.08 Å². The molecule has 0 fully saturated rings. The van der Waals surface area contributed by atoms with Crippen molar-refractivity contribution in [2.24, 2.45) is 0 Å². The van der Waals surface area contributed by atoms with E-state index in [4.69, 9.17) is 16.3 Å². The lowest BCUT2D eigenvalue weighted by atomic mass is 10.2. The number of hydrogen-bond acceptors (Lipinski definition) is 6. The number of hydrogen-bond donors (Lipinski definition) is 1. The van der Waals surface area contributed by atoms with Crippen LogP contribution in [0.3, 0.4) is 0 Å². The Morgan fingerprint density at radius 1 is 1.19 bits per heavy atom. The first kappa shape index (κ1) is 23.7. The molecule has 0 saturated heterocycles. The molecular weight excluding hydrogens is 445 g/mol. The Labute approximate surface area is 178 Å². The Morgan fingerprint density at radius 2 is 1.84 bits per heavy atom. The second-order valence-electron chi connectivity index (χ2n) is 5.94. The Kier molecular flexibility index (Phi) is 7.59. The fourth-order valence-electron chi connectivity index (χ4n) is 2.17. The van der Waals surface area contributed by atoms with Gasteiger partial charge in [-0.3, -0.25) is 14.9 Å². The van der Waals surface area contributed by atoms with Crippen molar-refractivity contribution in [3.8, 4) is 5.75 Å². The van der Waals surface area contributed by atoms with Crippen molar-refractivity contribution in [1.82, 2.24) is 0 Å². The molecule has 2 aromatic carbocycles. The molecule has 164 valence electrons. The van der Waals surface area contributed by atoms with Crippen LogP contribution in [0.5, 0.6) is 5.75 Å². The van der Waals surface area contributed by atoms with Gasteiger partial charge >= 0.3 is 12.3 Å². The summed E-state index contributed by atoms with van der Waals surface area (Å²) in [5, 5.41) is 13.0. The van der Waals surface area contributed by atoms with Gasteiger partial charge in [-0.25, -0.2) is 4.79 Å². The predicted molar refractivity (Wildman–Crippen MR) is 104 cm³/mol. The second kappa shape index (κ2) is 9.94. The van der Waals surface area contributed by atoms with E-state index < -0.39 is 35.0 Å². The van der Waals surface area contributed by atoms with Crippen LogP contribution in [0, 0.1) is 10.1 Å². The summed E-state index contributed by atoms with van der Waals surface area (Å²) >= 11 is 5.88. The van der Waals surface area contributed by atoms with E-state index in [9.17, 15) is 32.9 Å². The fourth-order valence-corrected chi connectivity index (χ4v) is 2.39. The molecule has 0 saturated carbocycles. The molecule has 1 amide bonds. The van der Waals surface area contributed by atoms with E-state index in [1.807, 2.05) is 0 Å². The van der Waals surface area contributed by atoms with Gasteiger partial charge in [0, 0.05) is 18.2 Å². The van der Waals surface area contributed by atoms with Crippen LogP contribution in [0.15, 0.2) is 48.5 Å². The largest absolute Gasteiger partial charge is 0.573 e. The fraction of sp³-hybridized carbons (Fsp3) is 0.158. The van der Waals surface area contributed by atoms with Crippen LogP contribution in [0.4, 0.5) is 24.5 Å². The van der Waals surface area contributed by atoms with Crippen molar-refractivity contribution in [2.45, 2.75) is 19.4 Å². The highest BCUT2D eigenvalue weighted by Gasteiger charge is 2.30. The van der Waals surface area contributed by atoms with Gasteiger partial charge in [-0.15, -0.1) is 13.2 Å². The molecule has 0 spiro atoms. The van der Waals surface area contributed by atoms with E-state index in [1.165, 1.54) is 31.2 Å². The standard InChI is InChI=1S/C19H14ClF3N2O6/c1-11(18(27)24-16-8-5-13(25(28)29)10-15(16)20)30-17(26)9-4-12-2-6-14(7-3-12)31-19(21,22)23/h2-11H,1H3,(H,24,27)/b9-4+. The van der Waals surface area contributed by atoms with Gasteiger partial charge in [0.2, 0.25) is 0 Å². The Balaban J connectivity index is 1.91. The number of nitrogens with one attached hydrogen (secondary N) is 1. The van der Waals surface area contributed by atoms with E-state index in [-0.39, 0.29) is 16.4 Å². The summed E-state index contributed by atoms with van der Waals surface area (Å²) < 4.78 is 45.1. The number of amides is 1. The highest BCUT2D eigenvalue weighted by Crippen LogP contribution is 2.27. The zero-order valence-corrected chi connectivity index (χ0v) is 16.4. The Bertz CT molecular complexity index is 1010. The van der Waals surface area contributed by atoms with Gasteiger partial charge in [-0.05, 0) is 36.8 Å². The third kappa shape index (κ3) is 7.63. The van der Waals surface area contributed by atoms with E-state index in [0.29, 0.717) is 5.56 Å². The number of rotatable bonds is 7. The first-order valence-electron chi connectivity index (χ1n) is 8.44. The lowest BCUT2D eigenvalue weighted by Gasteiger charge is -2.13. The quantitative estimate of drug-likeness (QED) is 0.278. The van der Waals surface area contributed by atoms with E-state index in [1.54, 1.807) is 0 Å². The number of benzene rings is 2. The maximum Gasteiger partial charge on any atom is 0.573 e. The number of halogens is 4. The van der Waals surface area contributed by atoms with Gasteiger partial charge in [0.1, 0.15) is 5.75 Å². The van der Waals surface area contributed by atoms with Crippen molar-refractivity contribution in [1.29, 1.82) is 0 Å². The Morgan fingerprint density at radius 3 is 2.39 bits per heavy atom. The molecule has 0 aliphatic heterocycles. The summed E-state index contributed by atoms with van der Waals surface area (Å²) in [5.41, 5.74) is 0.226. The number of nitro benzene ring substituents is 1. The zero-order chi connectivity index (χ0) is 23.2. The minimum Gasteiger partial charge on any atom is -0.449 e. The highest BCUT2D eigenvalue weighted by atomic mass is 35.5. The lowest BCUT2D eigenvalue weighted by Crippen LogP contribution is -2.29. The first-order valence-corrected chi connectivity index (χ1v) is 8.82. The van der Waals surface area contributed by atoms with E-state index in [0.717, 1.165) is 30.3 Å². The maximum absolute atomic E-state index is 12.1.